The Labute approximate surface area is 124 Å². The maximum absolute atomic E-state index is 6.04. The standard InChI is InChI=1S/C16H21N3S/c1-12-2-3-13-10-14(4-5-15(13)18-12)16(11-17)19-6-8-20-9-7-19/h2-5,10,16H,6-9,11,17H2,1H3. The van der Waals surface area contributed by atoms with Crippen LogP contribution < -0.4 is 5.73 Å². The number of fused-ring (bicyclic) bond motifs is 1. The second kappa shape index (κ2) is 6.12. The first-order valence-electron chi connectivity index (χ1n) is 7.17. The predicted octanol–water partition coefficient (Wildman–Crippen LogP) is 2.59. The van der Waals surface area contributed by atoms with Crippen LogP contribution >= 0.6 is 11.8 Å². The maximum atomic E-state index is 6.04. The van der Waals surface area contributed by atoms with Crippen LogP contribution in [0.15, 0.2) is 30.3 Å². The van der Waals surface area contributed by atoms with E-state index in [9.17, 15) is 0 Å². The SMILES string of the molecule is Cc1ccc2cc(C(CN)N3CCSCC3)ccc2n1. The van der Waals surface area contributed by atoms with E-state index >= 15 is 0 Å². The first-order valence-corrected chi connectivity index (χ1v) is 8.32. The number of pyridine rings is 1. The van der Waals surface area contributed by atoms with Gasteiger partial charge in [-0.05, 0) is 30.7 Å². The summed E-state index contributed by atoms with van der Waals surface area (Å²) in [5, 5.41) is 1.21. The Kier molecular flexibility index (Phi) is 4.24. The van der Waals surface area contributed by atoms with Crippen molar-refractivity contribution >= 4 is 22.7 Å². The van der Waals surface area contributed by atoms with E-state index in [0.717, 1.165) is 24.3 Å². The van der Waals surface area contributed by atoms with Gasteiger partial charge in [-0.15, -0.1) is 0 Å². The van der Waals surface area contributed by atoms with E-state index in [0.29, 0.717) is 12.6 Å². The molecular weight excluding hydrogens is 266 g/mol. The van der Waals surface area contributed by atoms with Crippen LogP contribution in [0.3, 0.4) is 0 Å². The molecule has 0 spiro atoms. The molecule has 1 fully saturated rings. The summed E-state index contributed by atoms with van der Waals surface area (Å²) in [6.45, 7) is 4.98. The summed E-state index contributed by atoms with van der Waals surface area (Å²) in [7, 11) is 0. The van der Waals surface area contributed by atoms with Gasteiger partial charge < -0.3 is 5.73 Å². The van der Waals surface area contributed by atoms with E-state index in [-0.39, 0.29) is 0 Å². The molecule has 0 radical (unpaired) electrons. The van der Waals surface area contributed by atoms with Gasteiger partial charge in [-0.3, -0.25) is 9.88 Å². The molecule has 3 nitrogen and oxygen atoms in total. The van der Waals surface area contributed by atoms with Crippen molar-refractivity contribution in [2.45, 2.75) is 13.0 Å². The molecule has 3 rings (SSSR count). The average molecular weight is 287 g/mol. The minimum atomic E-state index is 0.335. The molecule has 20 heavy (non-hydrogen) atoms. The zero-order chi connectivity index (χ0) is 13.9. The largest absolute Gasteiger partial charge is 0.329 e. The zero-order valence-corrected chi connectivity index (χ0v) is 12.7. The molecule has 106 valence electrons. The minimum Gasteiger partial charge on any atom is -0.329 e. The van der Waals surface area contributed by atoms with Crippen LogP contribution in [0.5, 0.6) is 0 Å². The van der Waals surface area contributed by atoms with Crippen LogP contribution in [0, 0.1) is 6.92 Å². The van der Waals surface area contributed by atoms with Crippen molar-refractivity contribution in [1.29, 1.82) is 0 Å². The fraction of sp³-hybridized carbons (Fsp3) is 0.438. The van der Waals surface area contributed by atoms with E-state index in [2.05, 4.69) is 40.2 Å². The third kappa shape index (κ3) is 2.82. The van der Waals surface area contributed by atoms with Gasteiger partial charge in [0.25, 0.3) is 0 Å². The number of nitrogens with two attached hydrogens (primary N) is 1. The number of aryl methyl sites for hydroxylation is 1. The van der Waals surface area contributed by atoms with Crippen LogP contribution in [0.2, 0.25) is 0 Å². The summed E-state index contributed by atoms with van der Waals surface area (Å²) in [4.78, 5) is 7.08. The minimum absolute atomic E-state index is 0.335. The van der Waals surface area contributed by atoms with Crippen LogP contribution in [0.25, 0.3) is 10.9 Å². The van der Waals surface area contributed by atoms with Gasteiger partial charge in [0.2, 0.25) is 0 Å². The van der Waals surface area contributed by atoms with Gasteiger partial charge in [0, 0.05) is 48.3 Å². The summed E-state index contributed by atoms with van der Waals surface area (Å²) < 4.78 is 0. The lowest BCUT2D eigenvalue weighted by Gasteiger charge is -2.34. The van der Waals surface area contributed by atoms with E-state index in [4.69, 9.17) is 5.73 Å². The van der Waals surface area contributed by atoms with E-state index in [1.165, 1.54) is 22.5 Å². The Hall–Kier alpha value is -1.10. The third-order valence-corrected chi connectivity index (χ3v) is 4.89. The first-order chi connectivity index (χ1) is 9.78. The number of rotatable bonds is 3. The van der Waals surface area contributed by atoms with Crippen molar-refractivity contribution in [3.8, 4) is 0 Å². The highest BCUT2D eigenvalue weighted by molar-refractivity contribution is 7.99. The Morgan fingerprint density at radius 1 is 1.25 bits per heavy atom. The van der Waals surface area contributed by atoms with E-state index in [1.807, 2.05) is 18.7 Å². The van der Waals surface area contributed by atoms with Crippen LogP contribution in [-0.2, 0) is 0 Å². The summed E-state index contributed by atoms with van der Waals surface area (Å²) >= 11 is 2.03. The lowest BCUT2D eigenvalue weighted by Crippen LogP contribution is -2.39. The molecule has 0 bridgehead atoms. The molecule has 0 aliphatic carbocycles. The second-order valence-corrected chi connectivity index (χ2v) is 6.53. The third-order valence-electron chi connectivity index (χ3n) is 3.95. The van der Waals surface area contributed by atoms with Gasteiger partial charge in [0.15, 0.2) is 0 Å². The zero-order valence-electron chi connectivity index (χ0n) is 11.9. The average Bonchev–Trinajstić information content (AvgIpc) is 2.49. The smallest absolute Gasteiger partial charge is 0.0705 e. The van der Waals surface area contributed by atoms with Gasteiger partial charge in [-0.25, -0.2) is 0 Å². The van der Waals surface area contributed by atoms with Gasteiger partial charge in [0.05, 0.1) is 5.52 Å². The molecule has 2 aromatic rings. The highest BCUT2D eigenvalue weighted by atomic mass is 32.2. The molecule has 2 N–H and O–H groups in total. The predicted molar refractivity (Wildman–Crippen MR) is 87.2 cm³/mol. The fourth-order valence-electron chi connectivity index (χ4n) is 2.84. The molecule has 1 atom stereocenters. The molecule has 1 unspecified atom stereocenters. The summed E-state index contributed by atoms with van der Waals surface area (Å²) in [5.41, 5.74) is 9.49. The highest BCUT2D eigenvalue weighted by Gasteiger charge is 2.21. The molecule has 1 aromatic carbocycles. The van der Waals surface area contributed by atoms with Crippen molar-refractivity contribution in [2.24, 2.45) is 5.73 Å². The summed E-state index contributed by atoms with van der Waals surface area (Å²) in [6, 6.07) is 11.1. The van der Waals surface area contributed by atoms with Gasteiger partial charge in [-0.1, -0.05) is 12.1 Å². The lowest BCUT2D eigenvalue weighted by molar-refractivity contribution is 0.223. The second-order valence-electron chi connectivity index (χ2n) is 5.30. The van der Waals surface area contributed by atoms with Crippen LogP contribution in [0.4, 0.5) is 0 Å². The normalized spacial score (nSPS) is 18.3. The fourth-order valence-corrected chi connectivity index (χ4v) is 3.77. The summed E-state index contributed by atoms with van der Waals surface area (Å²) in [6.07, 6.45) is 0. The van der Waals surface area contributed by atoms with Crippen LogP contribution in [0.1, 0.15) is 17.3 Å². The molecule has 0 amide bonds. The number of nitrogens with zero attached hydrogens (tertiary/aromatic N) is 2. The molecule has 2 heterocycles. The number of aromatic nitrogens is 1. The Balaban J connectivity index is 1.92. The molecule has 1 aromatic heterocycles. The van der Waals surface area contributed by atoms with Crippen molar-refractivity contribution in [3.63, 3.8) is 0 Å². The van der Waals surface area contributed by atoms with Gasteiger partial charge in [0.1, 0.15) is 0 Å². The van der Waals surface area contributed by atoms with Crippen molar-refractivity contribution in [3.05, 3.63) is 41.6 Å². The lowest BCUT2D eigenvalue weighted by atomic mass is 10.0. The molecule has 0 saturated carbocycles. The van der Waals surface area contributed by atoms with Gasteiger partial charge >= 0.3 is 0 Å². The molecule has 1 saturated heterocycles. The number of benzene rings is 1. The highest BCUT2D eigenvalue weighted by Crippen LogP contribution is 2.26. The molecule has 1 aliphatic heterocycles. The monoisotopic (exact) mass is 287 g/mol. The van der Waals surface area contributed by atoms with E-state index in [1.54, 1.807) is 0 Å². The maximum Gasteiger partial charge on any atom is 0.0705 e. The van der Waals surface area contributed by atoms with Crippen molar-refractivity contribution in [2.75, 3.05) is 31.1 Å². The number of thioether (sulfide) groups is 1. The molecule has 1 aliphatic rings. The molecule has 4 heteroatoms. The summed E-state index contributed by atoms with van der Waals surface area (Å²) in [5.74, 6) is 2.43. The van der Waals surface area contributed by atoms with Gasteiger partial charge in [-0.2, -0.15) is 11.8 Å². The number of hydrogen-bond acceptors (Lipinski definition) is 4. The van der Waals surface area contributed by atoms with Crippen molar-refractivity contribution in [1.82, 2.24) is 9.88 Å². The Bertz CT molecular complexity index is 593. The Morgan fingerprint density at radius 3 is 2.80 bits per heavy atom. The van der Waals surface area contributed by atoms with Crippen LogP contribution in [-0.4, -0.2) is 41.0 Å². The molecular formula is C16H21N3S. The van der Waals surface area contributed by atoms with Crippen molar-refractivity contribution < 1.29 is 0 Å². The quantitative estimate of drug-likeness (QED) is 0.942. The number of hydrogen-bond donors (Lipinski definition) is 1. The Morgan fingerprint density at radius 2 is 2.05 bits per heavy atom. The van der Waals surface area contributed by atoms with E-state index < -0.39 is 0 Å². The first kappa shape index (κ1) is 13.9. The topological polar surface area (TPSA) is 42.1 Å².